The van der Waals surface area contributed by atoms with Gasteiger partial charge in [0.05, 0.1) is 6.54 Å². The Kier molecular flexibility index (Phi) is 6.97. The number of benzene rings is 1. The van der Waals surface area contributed by atoms with Crippen molar-refractivity contribution >= 4 is 35.5 Å². The zero-order valence-corrected chi connectivity index (χ0v) is 12.1. The Balaban J connectivity index is 2.34. The van der Waals surface area contributed by atoms with Crippen molar-refractivity contribution in [2.45, 2.75) is 0 Å². The van der Waals surface area contributed by atoms with Crippen molar-refractivity contribution in [3.63, 3.8) is 0 Å². The van der Waals surface area contributed by atoms with Gasteiger partial charge in [-0.25, -0.2) is 4.79 Å². The summed E-state index contributed by atoms with van der Waals surface area (Å²) in [5.74, 6) is -1.55. The van der Waals surface area contributed by atoms with Crippen LogP contribution in [0.15, 0.2) is 30.3 Å². The predicted octanol–water partition coefficient (Wildman–Crippen LogP) is 0.759. The van der Waals surface area contributed by atoms with Crippen molar-refractivity contribution < 1.29 is 19.1 Å². The van der Waals surface area contributed by atoms with Crippen LogP contribution in [0.3, 0.4) is 0 Å². The number of carbonyl (C=O) groups excluding carboxylic acids is 3. The molecular weight excluding hydrogens is 296 g/mol. The molecule has 0 spiro atoms. The summed E-state index contributed by atoms with van der Waals surface area (Å²) in [6.07, 6.45) is 2.72. The number of hydrogen-bond donors (Lipinski definition) is 2. The largest absolute Gasteiger partial charge is 0.452 e. The van der Waals surface area contributed by atoms with Crippen LogP contribution in [0.4, 0.5) is 0 Å². The monoisotopic (exact) mass is 310 g/mol. The number of ether oxygens (including phenoxy) is 1. The summed E-state index contributed by atoms with van der Waals surface area (Å²) in [4.78, 5) is 33.6. The number of amides is 2. The lowest BCUT2D eigenvalue weighted by atomic mass is 10.2. The third kappa shape index (κ3) is 7.12. The zero-order chi connectivity index (χ0) is 15.7. The van der Waals surface area contributed by atoms with Crippen molar-refractivity contribution in [1.29, 1.82) is 0 Å². The molecule has 0 aliphatic rings. The van der Waals surface area contributed by atoms with Crippen molar-refractivity contribution in [2.24, 2.45) is 0 Å². The number of halogens is 1. The van der Waals surface area contributed by atoms with Crippen LogP contribution in [0.5, 0.6) is 0 Å². The molecule has 0 saturated carbocycles. The number of esters is 1. The first kappa shape index (κ1) is 16.7. The smallest absolute Gasteiger partial charge is 0.331 e. The van der Waals surface area contributed by atoms with Crippen LogP contribution in [0.1, 0.15) is 5.56 Å². The Morgan fingerprint density at radius 3 is 2.71 bits per heavy atom. The van der Waals surface area contributed by atoms with E-state index in [9.17, 15) is 14.4 Å². The third-order valence-corrected chi connectivity index (χ3v) is 2.57. The van der Waals surface area contributed by atoms with Gasteiger partial charge in [-0.05, 0) is 23.8 Å². The van der Waals surface area contributed by atoms with Crippen LogP contribution in [0.25, 0.3) is 6.08 Å². The molecule has 21 heavy (non-hydrogen) atoms. The molecule has 0 fully saturated rings. The van der Waals surface area contributed by atoms with E-state index in [4.69, 9.17) is 16.3 Å². The lowest BCUT2D eigenvalue weighted by molar-refractivity contribution is -0.143. The van der Waals surface area contributed by atoms with E-state index in [-0.39, 0.29) is 12.5 Å². The van der Waals surface area contributed by atoms with E-state index in [2.05, 4.69) is 10.6 Å². The number of carbonyl (C=O) groups is 3. The maximum atomic E-state index is 11.4. The quantitative estimate of drug-likeness (QED) is 0.600. The standard InChI is InChI=1S/C14H15ClN2O4/c1-16-12(18)8-17-13(19)9-21-14(20)6-5-10-3-2-4-11(15)7-10/h2-7H,8-9H2,1H3,(H,16,18)(H,17,19)/b6-5+. The van der Waals surface area contributed by atoms with E-state index in [0.717, 1.165) is 5.56 Å². The molecule has 0 atom stereocenters. The molecule has 0 aliphatic carbocycles. The molecule has 0 aromatic heterocycles. The summed E-state index contributed by atoms with van der Waals surface area (Å²) >= 11 is 5.80. The van der Waals surface area contributed by atoms with Gasteiger partial charge in [0.25, 0.3) is 5.91 Å². The summed E-state index contributed by atoms with van der Waals surface area (Å²) in [6, 6.07) is 6.92. The second kappa shape index (κ2) is 8.76. The Bertz CT molecular complexity index is 558. The fourth-order valence-electron chi connectivity index (χ4n) is 1.28. The highest BCUT2D eigenvalue weighted by Crippen LogP contribution is 2.11. The van der Waals surface area contributed by atoms with Gasteiger partial charge in [0.15, 0.2) is 6.61 Å². The molecule has 1 aromatic carbocycles. The third-order valence-electron chi connectivity index (χ3n) is 2.33. The number of nitrogens with one attached hydrogen (secondary N) is 2. The zero-order valence-electron chi connectivity index (χ0n) is 11.4. The Morgan fingerprint density at radius 2 is 2.05 bits per heavy atom. The summed E-state index contributed by atoms with van der Waals surface area (Å²) in [5, 5.41) is 5.20. The SMILES string of the molecule is CNC(=O)CNC(=O)COC(=O)/C=C/c1cccc(Cl)c1. The van der Waals surface area contributed by atoms with Crippen molar-refractivity contribution in [3.8, 4) is 0 Å². The molecular formula is C14H15ClN2O4. The molecule has 2 amide bonds. The molecule has 0 aliphatic heterocycles. The van der Waals surface area contributed by atoms with Crippen LogP contribution >= 0.6 is 11.6 Å². The normalized spacial score (nSPS) is 10.2. The second-order valence-corrected chi connectivity index (χ2v) is 4.38. The Hall–Kier alpha value is -2.34. The van der Waals surface area contributed by atoms with E-state index < -0.39 is 18.5 Å². The minimum absolute atomic E-state index is 0.161. The van der Waals surface area contributed by atoms with Crippen LogP contribution in [-0.2, 0) is 19.1 Å². The van der Waals surface area contributed by atoms with E-state index in [1.165, 1.54) is 19.2 Å². The highest BCUT2D eigenvalue weighted by atomic mass is 35.5. The first-order valence-corrected chi connectivity index (χ1v) is 6.46. The fraction of sp³-hybridized carbons (Fsp3) is 0.214. The lowest BCUT2D eigenvalue weighted by Crippen LogP contribution is -2.37. The average molecular weight is 311 g/mol. The van der Waals surface area contributed by atoms with E-state index >= 15 is 0 Å². The molecule has 0 heterocycles. The summed E-state index contributed by atoms with van der Waals surface area (Å²) in [6.45, 7) is -0.610. The number of hydrogen-bond acceptors (Lipinski definition) is 4. The molecule has 2 N–H and O–H groups in total. The minimum Gasteiger partial charge on any atom is -0.452 e. The summed E-state index contributed by atoms with van der Waals surface area (Å²) in [7, 11) is 1.45. The Morgan fingerprint density at radius 1 is 1.29 bits per heavy atom. The van der Waals surface area contributed by atoms with Crippen LogP contribution in [0, 0.1) is 0 Å². The van der Waals surface area contributed by atoms with Gasteiger partial charge in [-0.15, -0.1) is 0 Å². The van der Waals surface area contributed by atoms with Gasteiger partial charge in [0.1, 0.15) is 0 Å². The first-order chi connectivity index (χ1) is 10.0. The van der Waals surface area contributed by atoms with Crippen molar-refractivity contribution in [3.05, 3.63) is 40.9 Å². The Labute approximate surface area is 127 Å². The highest BCUT2D eigenvalue weighted by molar-refractivity contribution is 6.30. The van der Waals surface area contributed by atoms with Crippen LogP contribution in [-0.4, -0.2) is 38.0 Å². The van der Waals surface area contributed by atoms with Gasteiger partial charge in [-0.3, -0.25) is 9.59 Å². The van der Waals surface area contributed by atoms with Crippen LogP contribution < -0.4 is 10.6 Å². The first-order valence-electron chi connectivity index (χ1n) is 6.09. The molecule has 0 bridgehead atoms. The molecule has 0 unspecified atom stereocenters. The molecule has 7 heteroatoms. The second-order valence-electron chi connectivity index (χ2n) is 3.95. The van der Waals surface area contributed by atoms with E-state index in [0.29, 0.717) is 5.02 Å². The highest BCUT2D eigenvalue weighted by Gasteiger charge is 2.06. The molecule has 6 nitrogen and oxygen atoms in total. The minimum atomic E-state index is -0.662. The topological polar surface area (TPSA) is 84.5 Å². The number of likely N-dealkylation sites (N-methyl/N-ethyl adjacent to an activating group) is 1. The van der Waals surface area contributed by atoms with E-state index in [1.54, 1.807) is 24.3 Å². The predicted molar refractivity (Wildman–Crippen MR) is 78.5 cm³/mol. The van der Waals surface area contributed by atoms with Crippen molar-refractivity contribution in [2.75, 3.05) is 20.2 Å². The molecule has 112 valence electrons. The molecule has 1 aromatic rings. The molecule has 0 saturated heterocycles. The van der Waals surface area contributed by atoms with Gasteiger partial charge < -0.3 is 15.4 Å². The summed E-state index contributed by atoms with van der Waals surface area (Å²) in [5.41, 5.74) is 0.739. The fourth-order valence-corrected chi connectivity index (χ4v) is 1.48. The van der Waals surface area contributed by atoms with Gasteiger partial charge in [0.2, 0.25) is 5.91 Å². The van der Waals surface area contributed by atoms with Gasteiger partial charge in [-0.2, -0.15) is 0 Å². The van der Waals surface area contributed by atoms with Gasteiger partial charge in [0, 0.05) is 18.1 Å². The average Bonchev–Trinajstić information content (AvgIpc) is 2.48. The maximum absolute atomic E-state index is 11.4. The van der Waals surface area contributed by atoms with Crippen LogP contribution in [0.2, 0.25) is 5.02 Å². The maximum Gasteiger partial charge on any atom is 0.331 e. The van der Waals surface area contributed by atoms with Gasteiger partial charge >= 0.3 is 5.97 Å². The van der Waals surface area contributed by atoms with Gasteiger partial charge in [-0.1, -0.05) is 23.7 Å². The lowest BCUT2D eigenvalue weighted by Gasteiger charge is -2.04. The molecule has 0 radical (unpaired) electrons. The number of rotatable bonds is 6. The van der Waals surface area contributed by atoms with Crippen molar-refractivity contribution in [1.82, 2.24) is 10.6 Å². The van der Waals surface area contributed by atoms with E-state index in [1.807, 2.05) is 0 Å². The summed E-state index contributed by atoms with van der Waals surface area (Å²) < 4.78 is 4.72. The molecule has 1 rings (SSSR count).